The van der Waals surface area contributed by atoms with Crippen molar-refractivity contribution >= 4 is 29.3 Å². The van der Waals surface area contributed by atoms with Crippen LogP contribution in [-0.2, 0) is 20.9 Å². The molecule has 0 aliphatic carbocycles. The number of hydrogen-bond acceptors (Lipinski definition) is 7. The van der Waals surface area contributed by atoms with Gasteiger partial charge in [-0.15, -0.1) is 0 Å². The van der Waals surface area contributed by atoms with Gasteiger partial charge in [-0.05, 0) is 56.0 Å². The summed E-state index contributed by atoms with van der Waals surface area (Å²) >= 11 is 0. The van der Waals surface area contributed by atoms with E-state index in [1.54, 1.807) is 4.90 Å². The number of carbonyl (C=O) groups is 4. The number of likely N-dealkylation sites (tertiary alicyclic amines) is 1. The average Bonchev–Trinajstić information content (AvgIpc) is 3.23. The molecular weight excluding hydrogens is 472 g/mol. The van der Waals surface area contributed by atoms with Crippen LogP contribution in [0.25, 0.3) is 0 Å². The van der Waals surface area contributed by atoms with Crippen LogP contribution in [0.15, 0.2) is 18.2 Å². The maximum atomic E-state index is 13.0. The van der Waals surface area contributed by atoms with Gasteiger partial charge in [-0.2, -0.15) is 0 Å². The average molecular weight is 511 g/mol. The van der Waals surface area contributed by atoms with Crippen molar-refractivity contribution in [3.63, 3.8) is 0 Å². The topological polar surface area (TPSA) is 105 Å². The van der Waals surface area contributed by atoms with Crippen molar-refractivity contribution in [1.29, 1.82) is 0 Å². The lowest BCUT2D eigenvalue weighted by Crippen LogP contribution is -2.52. The van der Waals surface area contributed by atoms with E-state index >= 15 is 0 Å². The second-order valence-corrected chi connectivity index (χ2v) is 10.7. The maximum absolute atomic E-state index is 13.0. The Morgan fingerprint density at radius 3 is 2.49 bits per heavy atom. The number of carbonyl (C=O) groups excluding carboxylic acids is 4. The van der Waals surface area contributed by atoms with Crippen LogP contribution in [0.3, 0.4) is 0 Å². The standard InChI is InChI=1S/C27H38N6O4/c1-28-9-6-25(35)32-10-7-19(8-11-32)17-30-12-14-31(15-13-30)21-2-3-22-20(16-21)18-33(27(22)37)23-4-5-24(34)29-26(23)36/h2-3,16,19,23,28H,4-15,17-18H2,1H3,(H,29,34,36). The smallest absolute Gasteiger partial charge is 0.255 e. The lowest BCUT2D eigenvalue weighted by Gasteiger charge is -2.39. The van der Waals surface area contributed by atoms with Gasteiger partial charge in [-0.25, -0.2) is 0 Å². The van der Waals surface area contributed by atoms with Gasteiger partial charge < -0.3 is 20.0 Å². The lowest BCUT2D eigenvalue weighted by atomic mass is 9.95. The number of nitrogens with zero attached hydrogens (tertiary/aromatic N) is 4. The molecule has 0 spiro atoms. The minimum absolute atomic E-state index is 0.129. The molecule has 4 heterocycles. The van der Waals surface area contributed by atoms with E-state index in [0.717, 1.165) is 76.5 Å². The molecule has 4 aliphatic heterocycles. The quantitative estimate of drug-likeness (QED) is 0.512. The van der Waals surface area contributed by atoms with Gasteiger partial charge in [0.25, 0.3) is 5.91 Å². The highest BCUT2D eigenvalue weighted by atomic mass is 16.2. The first-order chi connectivity index (χ1) is 17.9. The fourth-order valence-electron chi connectivity index (χ4n) is 6.07. The summed E-state index contributed by atoms with van der Waals surface area (Å²) in [6.07, 6.45) is 3.38. The molecule has 1 aromatic carbocycles. The molecule has 2 N–H and O–H groups in total. The van der Waals surface area contributed by atoms with Crippen LogP contribution in [0.2, 0.25) is 0 Å². The highest BCUT2D eigenvalue weighted by Crippen LogP contribution is 2.31. The molecule has 3 fully saturated rings. The van der Waals surface area contributed by atoms with E-state index in [0.29, 0.717) is 30.9 Å². The van der Waals surface area contributed by atoms with Crippen molar-refractivity contribution < 1.29 is 19.2 Å². The van der Waals surface area contributed by atoms with Crippen molar-refractivity contribution in [2.75, 3.05) is 64.3 Å². The third kappa shape index (κ3) is 5.65. The monoisotopic (exact) mass is 510 g/mol. The van der Waals surface area contributed by atoms with Crippen LogP contribution < -0.4 is 15.5 Å². The van der Waals surface area contributed by atoms with E-state index in [-0.39, 0.29) is 30.0 Å². The zero-order valence-corrected chi connectivity index (χ0v) is 21.7. The first-order valence-electron chi connectivity index (χ1n) is 13.6. The van der Waals surface area contributed by atoms with Crippen molar-refractivity contribution in [2.45, 2.75) is 44.7 Å². The van der Waals surface area contributed by atoms with Gasteiger partial charge in [-0.3, -0.25) is 29.4 Å². The van der Waals surface area contributed by atoms with Crippen LogP contribution >= 0.6 is 0 Å². The van der Waals surface area contributed by atoms with E-state index in [1.165, 1.54) is 0 Å². The molecule has 10 nitrogen and oxygen atoms in total. The number of imide groups is 1. The SMILES string of the molecule is CNCCC(=O)N1CCC(CN2CCN(c3ccc4c(c3)CN(C3CCC(=O)NC3=O)C4=O)CC2)CC1. The highest BCUT2D eigenvalue weighted by molar-refractivity contribution is 6.05. The zero-order valence-electron chi connectivity index (χ0n) is 21.7. The van der Waals surface area contributed by atoms with Gasteiger partial charge in [0, 0.05) is 83.0 Å². The summed E-state index contributed by atoms with van der Waals surface area (Å²) in [6.45, 7) is 7.85. The number of amides is 4. The Bertz CT molecular complexity index is 1050. The van der Waals surface area contributed by atoms with Crippen molar-refractivity contribution in [1.82, 2.24) is 25.3 Å². The molecule has 4 amide bonds. The van der Waals surface area contributed by atoms with E-state index in [9.17, 15) is 19.2 Å². The minimum Gasteiger partial charge on any atom is -0.369 e. The van der Waals surface area contributed by atoms with Gasteiger partial charge in [0.05, 0.1) is 0 Å². The Hall–Kier alpha value is -2.98. The van der Waals surface area contributed by atoms with E-state index < -0.39 is 6.04 Å². The molecule has 0 bridgehead atoms. The first-order valence-corrected chi connectivity index (χ1v) is 13.6. The molecule has 5 rings (SSSR count). The predicted octanol–water partition coefficient (Wildman–Crippen LogP) is 0.418. The molecule has 37 heavy (non-hydrogen) atoms. The summed E-state index contributed by atoms with van der Waals surface area (Å²) < 4.78 is 0. The molecule has 10 heteroatoms. The zero-order chi connectivity index (χ0) is 25.9. The number of benzene rings is 1. The summed E-state index contributed by atoms with van der Waals surface area (Å²) in [7, 11) is 1.88. The second-order valence-electron chi connectivity index (χ2n) is 10.7. The van der Waals surface area contributed by atoms with Crippen LogP contribution in [0.1, 0.15) is 48.0 Å². The third-order valence-corrected chi connectivity index (χ3v) is 8.32. The van der Waals surface area contributed by atoms with Gasteiger partial charge in [0.15, 0.2) is 0 Å². The Balaban J connectivity index is 1.10. The largest absolute Gasteiger partial charge is 0.369 e. The Labute approximate surface area is 218 Å². The fraction of sp³-hybridized carbons (Fsp3) is 0.630. The van der Waals surface area contributed by atoms with E-state index in [2.05, 4.69) is 26.5 Å². The third-order valence-electron chi connectivity index (χ3n) is 8.32. The first kappa shape index (κ1) is 25.7. The normalized spacial score (nSPS) is 23.4. The maximum Gasteiger partial charge on any atom is 0.255 e. The number of anilines is 1. The molecular formula is C27H38N6O4. The number of piperidine rings is 2. The van der Waals surface area contributed by atoms with Crippen LogP contribution in [-0.4, -0.2) is 104 Å². The highest BCUT2D eigenvalue weighted by Gasteiger charge is 2.39. The summed E-state index contributed by atoms with van der Waals surface area (Å²) in [5.41, 5.74) is 2.72. The number of hydrogen-bond donors (Lipinski definition) is 2. The number of nitrogens with one attached hydrogen (secondary N) is 2. The van der Waals surface area contributed by atoms with Gasteiger partial charge in [0.2, 0.25) is 17.7 Å². The van der Waals surface area contributed by atoms with Gasteiger partial charge in [0.1, 0.15) is 6.04 Å². The Morgan fingerprint density at radius 1 is 1.03 bits per heavy atom. The number of rotatable bonds is 7. The molecule has 3 saturated heterocycles. The number of fused-ring (bicyclic) bond motifs is 1. The second kappa shape index (κ2) is 11.2. The fourth-order valence-corrected chi connectivity index (χ4v) is 6.07. The lowest BCUT2D eigenvalue weighted by molar-refractivity contribution is -0.137. The summed E-state index contributed by atoms with van der Waals surface area (Å²) in [6, 6.07) is 5.41. The Morgan fingerprint density at radius 2 is 1.78 bits per heavy atom. The molecule has 1 atom stereocenters. The van der Waals surface area contributed by atoms with Gasteiger partial charge >= 0.3 is 0 Å². The van der Waals surface area contributed by atoms with Crippen LogP contribution in [0.4, 0.5) is 5.69 Å². The molecule has 1 aromatic rings. The van der Waals surface area contributed by atoms with Crippen molar-refractivity contribution in [2.24, 2.45) is 5.92 Å². The minimum atomic E-state index is -0.581. The van der Waals surface area contributed by atoms with E-state index in [1.807, 2.05) is 24.1 Å². The predicted molar refractivity (Wildman–Crippen MR) is 139 cm³/mol. The van der Waals surface area contributed by atoms with Crippen molar-refractivity contribution in [3.8, 4) is 0 Å². The van der Waals surface area contributed by atoms with Gasteiger partial charge in [-0.1, -0.05) is 0 Å². The Kier molecular flexibility index (Phi) is 7.76. The molecule has 4 aliphatic rings. The van der Waals surface area contributed by atoms with Crippen LogP contribution in [0, 0.1) is 5.92 Å². The molecule has 1 unspecified atom stereocenters. The molecule has 200 valence electrons. The molecule has 0 radical (unpaired) electrons. The summed E-state index contributed by atoms with van der Waals surface area (Å²) in [5, 5.41) is 5.41. The molecule has 0 aromatic heterocycles. The summed E-state index contributed by atoms with van der Waals surface area (Å²) in [5.74, 6) is 0.130. The molecule has 0 saturated carbocycles. The van der Waals surface area contributed by atoms with Crippen LogP contribution in [0.5, 0.6) is 0 Å². The summed E-state index contributed by atoms with van der Waals surface area (Å²) in [4.78, 5) is 57.6. The van der Waals surface area contributed by atoms with E-state index in [4.69, 9.17) is 0 Å². The number of piperazine rings is 1. The van der Waals surface area contributed by atoms with Crippen molar-refractivity contribution in [3.05, 3.63) is 29.3 Å².